The molecule has 9 heteroatoms. The van der Waals surface area contributed by atoms with Gasteiger partial charge in [0.15, 0.2) is 0 Å². The van der Waals surface area contributed by atoms with Crippen LogP contribution in [0.1, 0.15) is 29.8 Å². The molecular weight excluding hydrogens is 384 g/mol. The van der Waals surface area contributed by atoms with Crippen LogP contribution in [-0.4, -0.2) is 42.2 Å². The van der Waals surface area contributed by atoms with Crippen molar-refractivity contribution < 1.29 is 18.4 Å². The summed E-state index contributed by atoms with van der Waals surface area (Å²) >= 11 is 5.68. The van der Waals surface area contributed by atoms with E-state index in [0.717, 1.165) is 6.54 Å². The van der Waals surface area contributed by atoms with Crippen LogP contribution in [0.4, 0.5) is 10.1 Å². The third-order valence-electron chi connectivity index (χ3n) is 4.28. The van der Waals surface area contributed by atoms with Crippen molar-refractivity contribution in [1.29, 1.82) is 0 Å². The van der Waals surface area contributed by atoms with Crippen LogP contribution in [0.25, 0.3) is 0 Å². The minimum absolute atomic E-state index is 0. The van der Waals surface area contributed by atoms with Crippen molar-refractivity contribution in [3.8, 4) is 5.88 Å². The number of hydrogen-bond acceptors (Lipinski definition) is 5. The van der Waals surface area contributed by atoms with E-state index in [2.05, 4.69) is 22.4 Å². The van der Waals surface area contributed by atoms with E-state index < -0.39 is 11.7 Å². The molecule has 0 unspecified atom stereocenters. The van der Waals surface area contributed by atoms with Crippen molar-refractivity contribution in [3.63, 3.8) is 0 Å². The molecule has 1 aromatic heterocycles. The zero-order chi connectivity index (χ0) is 17.8. The van der Waals surface area contributed by atoms with Gasteiger partial charge in [0.2, 0.25) is 5.76 Å². The van der Waals surface area contributed by atoms with Crippen LogP contribution in [0.3, 0.4) is 0 Å². The first kappa shape index (κ1) is 20.5. The zero-order valence-corrected chi connectivity index (χ0v) is 15.8. The van der Waals surface area contributed by atoms with Gasteiger partial charge in [0.25, 0.3) is 11.8 Å². The number of carbonyl (C=O) groups is 1. The lowest BCUT2D eigenvalue weighted by molar-refractivity contribution is 0.0987. The van der Waals surface area contributed by atoms with E-state index in [0.29, 0.717) is 18.3 Å². The van der Waals surface area contributed by atoms with Crippen LogP contribution in [0.5, 0.6) is 5.88 Å². The monoisotopic (exact) mass is 403 g/mol. The first-order chi connectivity index (χ1) is 12.0. The van der Waals surface area contributed by atoms with Gasteiger partial charge in [-0.05, 0) is 43.2 Å². The highest BCUT2D eigenvalue weighted by Gasteiger charge is 2.21. The van der Waals surface area contributed by atoms with Gasteiger partial charge in [-0.2, -0.15) is 0 Å². The number of aromatic nitrogens is 1. The number of ether oxygens (including phenoxy) is 1. The number of anilines is 1. The summed E-state index contributed by atoms with van der Waals surface area (Å²) in [6.45, 7) is 1.25. The minimum atomic E-state index is -0.554. The van der Waals surface area contributed by atoms with Crippen molar-refractivity contribution in [2.75, 3.05) is 25.5 Å². The lowest BCUT2D eigenvalue weighted by Gasteiger charge is -2.34. The molecule has 26 heavy (non-hydrogen) atoms. The summed E-state index contributed by atoms with van der Waals surface area (Å²) in [5.41, 5.74) is 0.359. The third-order valence-corrected chi connectivity index (χ3v) is 4.57. The van der Waals surface area contributed by atoms with Gasteiger partial charge in [0.05, 0.1) is 11.1 Å². The number of nitrogens with one attached hydrogen (secondary N) is 1. The molecule has 6 nitrogen and oxygen atoms in total. The zero-order valence-electron chi connectivity index (χ0n) is 14.2. The quantitative estimate of drug-likeness (QED) is 0.756. The molecule has 0 bridgehead atoms. The molecule has 2 aromatic rings. The standard InChI is InChI=1S/C17H19ClFN3O3.ClH/c1-22(12-3-2-4-12)7-8-24-16-10-15(25-21-16)17(23)20-11-5-6-14(19)13(18)9-11;/h5-6,9-10,12H,2-4,7-8H2,1H3,(H,20,23);1H. The maximum Gasteiger partial charge on any atom is 0.294 e. The average Bonchev–Trinajstić information content (AvgIpc) is 2.98. The van der Waals surface area contributed by atoms with Gasteiger partial charge in [-0.25, -0.2) is 4.39 Å². The van der Waals surface area contributed by atoms with Crippen LogP contribution >= 0.6 is 24.0 Å². The largest absolute Gasteiger partial charge is 0.474 e. The van der Waals surface area contributed by atoms with Gasteiger partial charge < -0.3 is 19.5 Å². The van der Waals surface area contributed by atoms with Gasteiger partial charge in [-0.1, -0.05) is 18.0 Å². The first-order valence-electron chi connectivity index (χ1n) is 8.09. The van der Waals surface area contributed by atoms with Crippen molar-refractivity contribution in [2.24, 2.45) is 0 Å². The van der Waals surface area contributed by atoms with E-state index in [1.54, 1.807) is 0 Å². The maximum absolute atomic E-state index is 13.1. The molecule has 1 aromatic carbocycles. The Morgan fingerprint density at radius 1 is 1.46 bits per heavy atom. The molecule has 0 aliphatic heterocycles. The summed E-state index contributed by atoms with van der Waals surface area (Å²) < 4.78 is 23.6. The Bertz CT molecular complexity index is 753. The number of benzene rings is 1. The number of halogens is 3. The molecule has 142 valence electrons. The molecular formula is C17H20Cl2FN3O3. The first-order valence-corrected chi connectivity index (χ1v) is 8.47. The number of rotatable bonds is 7. The number of nitrogens with zero attached hydrogens (tertiary/aromatic N) is 2. The Morgan fingerprint density at radius 2 is 2.23 bits per heavy atom. The second-order valence-electron chi connectivity index (χ2n) is 6.03. The molecule has 0 spiro atoms. The van der Waals surface area contributed by atoms with E-state index in [9.17, 15) is 9.18 Å². The Labute approximate surface area is 162 Å². The lowest BCUT2D eigenvalue weighted by Crippen LogP contribution is -2.39. The van der Waals surface area contributed by atoms with Crippen LogP contribution < -0.4 is 10.1 Å². The summed E-state index contributed by atoms with van der Waals surface area (Å²) in [7, 11) is 2.07. The van der Waals surface area contributed by atoms with E-state index >= 15 is 0 Å². The molecule has 0 radical (unpaired) electrons. The molecule has 1 fully saturated rings. The van der Waals surface area contributed by atoms with Crippen molar-refractivity contribution in [3.05, 3.63) is 40.9 Å². The summed E-state index contributed by atoms with van der Waals surface area (Å²) in [4.78, 5) is 14.4. The Kier molecular flexibility index (Phi) is 7.25. The van der Waals surface area contributed by atoms with Gasteiger partial charge in [0, 0.05) is 18.3 Å². The van der Waals surface area contributed by atoms with Gasteiger partial charge in [-0.15, -0.1) is 12.4 Å². The minimum Gasteiger partial charge on any atom is -0.474 e. The molecule has 3 rings (SSSR count). The molecule has 1 aliphatic carbocycles. The Hall–Kier alpha value is -1.83. The predicted octanol–water partition coefficient (Wildman–Crippen LogP) is 4.00. The third kappa shape index (κ3) is 5.09. The number of carbonyl (C=O) groups excluding carboxylic acids is 1. The highest BCUT2D eigenvalue weighted by atomic mass is 35.5. The normalized spacial score (nSPS) is 13.8. The fourth-order valence-electron chi connectivity index (χ4n) is 2.50. The van der Waals surface area contributed by atoms with E-state index in [-0.39, 0.29) is 29.1 Å². The van der Waals surface area contributed by atoms with Crippen molar-refractivity contribution >= 4 is 35.6 Å². The summed E-state index contributed by atoms with van der Waals surface area (Å²) in [5, 5.41) is 6.21. The number of hydrogen-bond donors (Lipinski definition) is 1. The van der Waals surface area contributed by atoms with E-state index in [4.69, 9.17) is 20.9 Å². The van der Waals surface area contributed by atoms with Crippen molar-refractivity contribution in [1.82, 2.24) is 10.1 Å². The smallest absolute Gasteiger partial charge is 0.294 e. The number of likely N-dealkylation sites (N-methyl/N-ethyl adjacent to an activating group) is 1. The molecule has 1 amide bonds. The summed E-state index contributed by atoms with van der Waals surface area (Å²) in [5.74, 6) is -0.814. The average molecular weight is 404 g/mol. The second-order valence-corrected chi connectivity index (χ2v) is 6.43. The predicted molar refractivity (Wildman–Crippen MR) is 98.9 cm³/mol. The van der Waals surface area contributed by atoms with Crippen LogP contribution in [0, 0.1) is 5.82 Å². The molecule has 1 heterocycles. The fourth-order valence-corrected chi connectivity index (χ4v) is 2.69. The topological polar surface area (TPSA) is 67.6 Å². The highest BCUT2D eigenvalue weighted by Crippen LogP contribution is 2.23. The molecule has 0 atom stereocenters. The fraction of sp³-hybridized carbons (Fsp3) is 0.412. The van der Waals surface area contributed by atoms with Crippen LogP contribution in [0.15, 0.2) is 28.8 Å². The summed E-state index contributed by atoms with van der Waals surface area (Å²) in [6.07, 6.45) is 3.76. The Balaban J connectivity index is 0.00000243. The SMILES string of the molecule is CN(CCOc1cc(C(=O)Nc2ccc(F)c(Cl)c2)on1)C1CCC1.Cl. The maximum atomic E-state index is 13.1. The van der Waals surface area contributed by atoms with Gasteiger partial charge in [0.1, 0.15) is 12.4 Å². The molecule has 1 N–H and O–H groups in total. The molecule has 1 aliphatic rings. The number of amides is 1. The highest BCUT2D eigenvalue weighted by molar-refractivity contribution is 6.31. The molecule has 0 saturated heterocycles. The molecule has 1 saturated carbocycles. The second kappa shape index (κ2) is 9.21. The van der Waals surface area contributed by atoms with E-state index in [1.807, 2.05) is 0 Å². The lowest BCUT2D eigenvalue weighted by atomic mass is 9.92. The van der Waals surface area contributed by atoms with Gasteiger partial charge in [-0.3, -0.25) is 4.79 Å². The Morgan fingerprint density at radius 3 is 2.88 bits per heavy atom. The van der Waals surface area contributed by atoms with Gasteiger partial charge >= 0.3 is 0 Å². The van der Waals surface area contributed by atoms with Crippen LogP contribution in [0.2, 0.25) is 5.02 Å². The van der Waals surface area contributed by atoms with Crippen molar-refractivity contribution in [2.45, 2.75) is 25.3 Å². The van der Waals surface area contributed by atoms with Crippen LogP contribution in [-0.2, 0) is 0 Å². The van der Waals surface area contributed by atoms with E-state index in [1.165, 1.54) is 43.5 Å². The summed E-state index contributed by atoms with van der Waals surface area (Å²) in [6, 6.07) is 5.96.